The number of β-amino-alcohol motifs (C(OH)–C–C–N with tert-alkyl or cyclic N) is 1. The first-order valence-corrected chi connectivity index (χ1v) is 5.78. The van der Waals surface area contributed by atoms with Gasteiger partial charge in [-0.2, -0.15) is 0 Å². The average molecular weight is 256 g/mol. The van der Waals surface area contributed by atoms with Gasteiger partial charge in [-0.05, 0) is 25.5 Å². The summed E-state index contributed by atoms with van der Waals surface area (Å²) in [6.07, 6.45) is 0.653. The molecule has 1 aromatic rings. The molecule has 0 aromatic heterocycles. The molecular weight excluding hydrogens is 242 g/mol. The highest BCUT2D eigenvalue weighted by molar-refractivity contribution is 6.36. The summed E-state index contributed by atoms with van der Waals surface area (Å²) in [6.45, 7) is 2.91. The van der Waals surface area contributed by atoms with Gasteiger partial charge >= 0.3 is 5.97 Å². The van der Waals surface area contributed by atoms with Crippen LogP contribution in [-0.2, 0) is 0 Å². The van der Waals surface area contributed by atoms with E-state index in [4.69, 9.17) is 16.7 Å². The maximum atomic E-state index is 11.0. The van der Waals surface area contributed by atoms with E-state index in [0.29, 0.717) is 25.2 Å². The largest absolute Gasteiger partial charge is 0.478 e. The predicted octanol–water partition coefficient (Wildman–Crippen LogP) is 2.00. The molecule has 0 spiro atoms. The Bertz CT molecular complexity index is 459. The average Bonchev–Trinajstić information content (AvgIpc) is 2.58. The fourth-order valence-electron chi connectivity index (χ4n) is 2.08. The number of aliphatic hydroxyl groups is 1. The normalized spacial score (nSPS) is 24.1. The standard InChI is InChI=1S/C12H14ClNO3/c1-12(17)5-6-14(7-12)9-4-2-3-8(10(9)13)11(15)16/h2-4,17H,5-7H2,1H3,(H,15,16). The Balaban J connectivity index is 2.34. The highest BCUT2D eigenvalue weighted by Gasteiger charge is 2.32. The summed E-state index contributed by atoms with van der Waals surface area (Å²) in [7, 11) is 0. The van der Waals surface area contributed by atoms with Crippen LogP contribution in [0.3, 0.4) is 0 Å². The van der Waals surface area contributed by atoms with Gasteiger partial charge in [-0.1, -0.05) is 17.7 Å². The van der Waals surface area contributed by atoms with E-state index >= 15 is 0 Å². The molecule has 17 heavy (non-hydrogen) atoms. The van der Waals surface area contributed by atoms with Crippen LogP contribution < -0.4 is 4.90 Å². The molecule has 0 amide bonds. The minimum atomic E-state index is -1.04. The van der Waals surface area contributed by atoms with E-state index in [9.17, 15) is 9.90 Å². The molecule has 1 heterocycles. The molecule has 5 heteroatoms. The SMILES string of the molecule is CC1(O)CCN(c2cccc(C(=O)O)c2Cl)C1. The molecule has 4 nitrogen and oxygen atoms in total. The Morgan fingerprint density at radius 3 is 2.76 bits per heavy atom. The van der Waals surface area contributed by atoms with Crippen LogP contribution in [-0.4, -0.2) is 34.9 Å². The van der Waals surface area contributed by atoms with Crippen molar-refractivity contribution in [2.75, 3.05) is 18.0 Å². The topological polar surface area (TPSA) is 60.8 Å². The first-order chi connectivity index (χ1) is 7.91. The fraction of sp³-hybridized carbons (Fsp3) is 0.417. The molecule has 1 saturated heterocycles. The quantitative estimate of drug-likeness (QED) is 0.849. The van der Waals surface area contributed by atoms with Gasteiger partial charge in [0.1, 0.15) is 0 Å². The van der Waals surface area contributed by atoms with E-state index in [1.54, 1.807) is 19.1 Å². The van der Waals surface area contributed by atoms with Gasteiger partial charge in [0.05, 0.1) is 21.9 Å². The Morgan fingerprint density at radius 2 is 2.24 bits per heavy atom. The zero-order valence-corrected chi connectivity index (χ0v) is 10.2. The smallest absolute Gasteiger partial charge is 0.337 e. The van der Waals surface area contributed by atoms with E-state index in [-0.39, 0.29) is 10.6 Å². The molecule has 92 valence electrons. The number of rotatable bonds is 2. The second kappa shape index (κ2) is 4.20. The number of anilines is 1. The zero-order chi connectivity index (χ0) is 12.6. The first-order valence-electron chi connectivity index (χ1n) is 5.40. The molecule has 2 rings (SSSR count). The number of benzene rings is 1. The Labute approximate surface area is 104 Å². The van der Waals surface area contributed by atoms with Gasteiger partial charge in [0, 0.05) is 13.1 Å². The molecular formula is C12H14ClNO3. The van der Waals surface area contributed by atoms with Gasteiger partial charge in [0.25, 0.3) is 0 Å². The van der Waals surface area contributed by atoms with Crippen molar-refractivity contribution < 1.29 is 15.0 Å². The Kier molecular flexibility index (Phi) is 3.02. The van der Waals surface area contributed by atoms with E-state index < -0.39 is 11.6 Å². The number of aromatic carboxylic acids is 1. The number of hydrogen-bond acceptors (Lipinski definition) is 3. The fourth-order valence-corrected chi connectivity index (χ4v) is 2.41. The van der Waals surface area contributed by atoms with Crippen LogP contribution >= 0.6 is 11.6 Å². The summed E-state index contributed by atoms with van der Waals surface area (Å²) < 4.78 is 0. The van der Waals surface area contributed by atoms with Gasteiger partial charge < -0.3 is 15.1 Å². The van der Waals surface area contributed by atoms with Gasteiger partial charge in [-0.3, -0.25) is 0 Å². The lowest BCUT2D eigenvalue weighted by Crippen LogP contribution is -2.29. The molecule has 0 radical (unpaired) electrons. The van der Waals surface area contributed by atoms with Crippen molar-refractivity contribution in [3.05, 3.63) is 28.8 Å². The lowest BCUT2D eigenvalue weighted by Gasteiger charge is -2.22. The summed E-state index contributed by atoms with van der Waals surface area (Å²) in [5.74, 6) is -1.04. The number of hydrogen-bond donors (Lipinski definition) is 2. The minimum Gasteiger partial charge on any atom is -0.478 e. The number of carbonyl (C=O) groups is 1. The summed E-state index contributed by atoms with van der Waals surface area (Å²) in [5.41, 5.74) is 0.0304. The molecule has 0 aliphatic carbocycles. The number of nitrogens with zero attached hydrogens (tertiary/aromatic N) is 1. The number of halogens is 1. The molecule has 1 atom stereocenters. The first kappa shape index (κ1) is 12.2. The summed E-state index contributed by atoms with van der Waals surface area (Å²) in [5, 5.41) is 19.1. The highest BCUT2D eigenvalue weighted by atomic mass is 35.5. The maximum absolute atomic E-state index is 11.0. The molecule has 1 aliphatic heterocycles. The van der Waals surface area contributed by atoms with Crippen molar-refractivity contribution in [1.82, 2.24) is 0 Å². The molecule has 2 N–H and O–H groups in total. The third-order valence-electron chi connectivity index (χ3n) is 3.00. The second-order valence-electron chi connectivity index (χ2n) is 4.61. The lowest BCUT2D eigenvalue weighted by molar-refractivity contribution is 0.0697. The van der Waals surface area contributed by atoms with Crippen LogP contribution in [0.2, 0.25) is 5.02 Å². The highest BCUT2D eigenvalue weighted by Crippen LogP contribution is 2.33. The van der Waals surface area contributed by atoms with Crippen LogP contribution in [0.5, 0.6) is 0 Å². The summed E-state index contributed by atoms with van der Waals surface area (Å²) in [6, 6.07) is 4.91. The molecule has 1 fully saturated rings. The molecule has 1 aromatic carbocycles. The van der Waals surface area contributed by atoms with Gasteiger partial charge in [0.2, 0.25) is 0 Å². The van der Waals surface area contributed by atoms with Crippen molar-refractivity contribution in [3.63, 3.8) is 0 Å². The maximum Gasteiger partial charge on any atom is 0.337 e. The van der Waals surface area contributed by atoms with Crippen LogP contribution in [0.1, 0.15) is 23.7 Å². The van der Waals surface area contributed by atoms with Crippen LogP contribution in [0.15, 0.2) is 18.2 Å². The molecule has 1 aliphatic rings. The predicted molar refractivity (Wildman–Crippen MR) is 65.9 cm³/mol. The van der Waals surface area contributed by atoms with Crippen molar-refractivity contribution in [1.29, 1.82) is 0 Å². The minimum absolute atomic E-state index is 0.0932. The van der Waals surface area contributed by atoms with Crippen molar-refractivity contribution in [2.45, 2.75) is 18.9 Å². The van der Waals surface area contributed by atoms with Crippen LogP contribution in [0.4, 0.5) is 5.69 Å². The molecule has 1 unspecified atom stereocenters. The third-order valence-corrected chi connectivity index (χ3v) is 3.40. The van der Waals surface area contributed by atoms with Gasteiger partial charge in [-0.25, -0.2) is 4.79 Å². The molecule has 0 saturated carbocycles. The third kappa shape index (κ3) is 2.37. The van der Waals surface area contributed by atoms with Gasteiger partial charge in [-0.15, -0.1) is 0 Å². The Morgan fingerprint density at radius 1 is 1.53 bits per heavy atom. The second-order valence-corrected chi connectivity index (χ2v) is 4.99. The van der Waals surface area contributed by atoms with Crippen LogP contribution in [0, 0.1) is 0 Å². The van der Waals surface area contributed by atoms with Crippen molar-refractivity contribution in [2.24, 2.45) is 0 Å². The number of carboxylic acids is 1. The van der Waals surface area contributed by atoms with Crippen molar-refractivity contribution >= 4 is 23.3 Å². The summed E-state index contributed by atoms with van der Waals surface area (Å²) in [4.78, 5) is 12.9. The van der Waals surface area contributed by atoms with Crippen LogP contribution in [0.25, 0.3) is 0 Å². The lowest BCUT2D eigenvalue weighted by atomic mass is 10.1. The molecule has 0 bridgehead atoms. The van der Waals surface area contributed by atoms with E-state index in [1.165, 1.54) is 6.07 Å². The zero-order valence-electron chi connectivity index (χ0n) is 9.48. The monoisotopic (exact) mass is 255 g/mol. The van der Waals surface area contributed by atoms with Crippen molar-refractivity contribution in [3.8, 4) is 0 Å². The van der Waals surface area contributed by atoms with E-state index in [0.717, 1.165) is 0 Å². The van der Waals surface area contributed by atoms with E-state index in [2.05, 4.69) is 0 Å². The Hall–Kier alpha value is -1.26. The number of carboxylic acid groups (broad SMARTS) is 1. The van der Waals surface area contributed by atoms with Gasteiger partial charge in [0.15, 0.2) is 0 Å². The summed E-state index contributed by atoms with van der Waals surface area (Å²) >= 11 is 6.07. The van der Waals surface area contributed by atoms with E-state index in [1.807, 2.05) is 4.90 Å².